The average molecular weight is 357 g/mol. The summed E-state index contributed by atoms with van der Waals surface area (Å²) in [7, 11) is 0. The van der Waals surface area contributed by atoms with Crippen LogP contribution in [-0.4, -0.2) is 36.3 Å². The minimum atomic E-state index is -0.0703. The number of thiophene rings is 1. The lowest BCUT2D eigenvalue weighted by atomic mass is 9.97. The molecule has 5 nitrogen and oxygen atoms in total. The number of carbonyl (C=O) groups excluding carboxylic acids is 2. The van der Waals surface area contributed by atoms with E-state index in [-0.39, 0.29) is 17.7 Å². The molecule has 0 bridgehead atoms. The van der Waals surface area contributed by atoms with E-state index in [1.165, 1.54) is 0 Å². The van der Waals surface area contributed by atoms with Crippen molar-refractivity contribution in [3.63, 3.8) is 0 Å². The van der Waals surface area contributed by atoms with Crippen molar-refractivity contribution in [3.8, 4) is 0 Å². The van der Waals surface area contributed by atoms with Crippen LogP contribution in [0.25, 0.3) is 0 Å². The Bertz CT molecular complexity index is 688. The van der Waals surface area contributed by atoms with Crippen LogP contribution in [0.1, 0.15) is 17.7 Å². The molecular weight excluding hydrogens is 334 g/mol. The first-order valence-electron chi connectivity index (χ1n) is 8.58. The summed E-state index contributed by atoms with van der Waals surface area (Å²) in [5.74, 6) is -0.0218. The van der Waals surface area contributed by atoms with Crippen LogP contribution in [0.15, 0.2) is 47.8 Å². The van der Waals surface area contributed by atoms with Gasteiger partial charge in [-0.2, -0.15) is 0 Å². The predicted octanol–water partition coefficient (Wildman–Crippen LogP) is 2.72. The third kappa shape index (κ3) is 5.41. The van der Waals surface area contributed by atoms with Crippen LogP contribution in [0.3, 0.4) is 0 Å². The van der Waals surface area contributed by atoms with Crippen LogP contribution >= 0.6 is 11.3 Å². The number of piperidine rings is 1. The number of rotatable bonds is 6. The summed E-state index contributed by atoms with van der Waals surface area (Å²) in [5.41, 5.74) is 0.818. The summed E-state index contributed by atoms with van der Waals surface area (Å²) >= 11 is 1.63. The fourth-order valence-corrected chi connectivity index (χ4v) is 3.68. The van der Waals surface area contributed by atoms with Gasteiger partial charge in [-0.15, -0.1) is 11.3 Å². The standard InChI is InChI=1S/C19H23N3O2S/c23-18(20-12-17-9-5-11-25-17)14-22-10-4-6-15(13-22)19(24)21-16-7-2-1-3-8-16/h1-3,5,7-9,11,15H,4,6,10,12-14H2,(H,20,23)(H,21,24). The quantitative estimate of drug-likeness (QED) is 0.836. The Morgan fingerprint density at radius 1 is 1.16 bits per heavy atom. The SMILES string of the molecule is O=C(CN1CCCC(C(=O)Nc2ccccc2)C1)NCc1cccs1. The molecule has 25 heavy (non-hydrogen) atoms. The van der Waals surface area contributed by atoms with Crippen molar-refractivity contribution in [1.82, 2.24) is 10.2 Å². The maximum absolute atomic E-state index is 12.4. The Morgan fingerprint density at radius 2 is 2.00 bits per heavy atom. The topological polar surface area (TPSA) is 61.4 Å². The second kappa shape index (κ2) is 8.78. The normalized spacial score (nSPS) is 17.8. The number of anilines is 1. The lowest BCUT2D eigenvalue weighted by Gasteiger charge is -2.31. The van der Waals surface area contributed by atoms with Gasteiger partial charge in [0.1, 0.15) is 0 Å². The molecule has 2 amide bonds. The van der Waals surface area contributed by atoms with Gasteiger partial charge in [0, 0.05) is 17.1 Å². The zero-order valence-electron chi connectivity index (χ0n) is 14.1. The molecule has 1 aliphatic rings. The minimum Gasteiger partial charge on any atom is -0.350 e. The Labute approximate surface area is 152 Å². The zero-order chi connectivity index (χ0) is 17.5. The van der Waals surface area contributed by atoms with Crippen molar-refractivity contribution in [1.29, 1.82) is 0 Å². The van der Waals surface area contributed by atoms with Crippen LogP contribution in [-0.2, 0) is 16.1 Å². The molecule has 0 radical (unpaired) electrons. The summed E-state index contributed by atoms with van der Waals surface area (Å²) in [5, 5.41) is 7.91. The fourth-order valence-electron chi connectivity index (χ4n) is 3.04. The molecule has 0 aliphatic carbocycles. The Morgan fingerprint density at radius 3 is 2.76 bits per heavy atom. The lowest BCUT2D eigenvalue weighted by Crippen LogP contribution is -2.45. The Hall–Kier alpha value is -2.18. The van der Waals surface area contributed by atoms with Gasteiger partial charge in [-0.05, 0) is 43.0 Å². The lowest BCUT2D eigenvalue weighted by molar-refractivity contribution is -0.125. The molecule has 0 saturated carbocycles. The molecule has 1 unspecified atom stereocenters. The van der Waals surface area contributed by atoms with Crippen LogP contribution in [0, 0.1) is 5.92 Å². The van der Waals surface area contributed by atoms with Crippen molar-refractivity contribution < 1.29 is 9.59 Å². The number of hydrogen-bond donors (Lipinski definition) is 2. The second-order valence-electron chi connectivity index (χ2n) is 6.29. The number of para-hydroxylation sites is 1. The first kappa shape index (κ1) is 17.6. The monoisotopic (exact) mass is 357 g/mol. The van der Waals surface area contributed by atoms with Crippen LogP contribution in [0.4, 0.5) is 5.69 Å². The summed E-state index contributed by atoms with van der Waals surface area (Å²) in [6.45, 7) is 2.41. The van der Waals surface area contributed by atoms with Crippen molar-refractivity contribution in [2.24, 2.45) is 5.92 Å². The van der Waals surface area contributed by atoms with E-state index in [2.05, 4.69) is 15.5 Å². The molecule has 1 aliphatic heterocycles. The Kier molecular flexibility index (Phi) is 6.19. The maximum atomic E-state index is 12.4. The van der Waals surface area contributed by atoms with Gasteiger partial charge in [0.15, 0.2) is 0 Å². The number of benzene rings is 1. The van der Waals surface area contributed by atoms with Crippen molar-refractivity contribution in [3.05, 3.63) is 52.7 Å². The molecular formula is C19H23N3O2S. The number of carbonyl (C=O) groups is 2. The first-order valence-corrected chi connectivity index (χ1v) is 9.46. The van der Waals surface area contributed by atoms with E-state index in [0.29, 0.717) is 19.6 Å². The highest BCUT2D eigenvalue weighted by Crippen LogP contribution is 2.18. The third-order valence-electron chi connectivity index (χ3n) is 4.32. The third-order valence-corrected chi connectivity index (χ3v) is 5.20. The van der Waals surface area contributed by atoms with Gasteiger partial charge in [-0.3, -0.25) is 14.5 Å². The largest absolute Gasteiger partial charge is 0.350 e. The van der Waals surface area contributed by atoms with Gasteiger partial charge < -0.3 is 10.6 Å². The van der Waals surface area contributed by atoms with E-state index in [0.717, 1.165) is 30.0 Å². The number of nitrogens with one attached hydrogen (secondary N) is 2. The highest BCUT2D eigenvalue weighted by Gasteiger charge is 2.26. The Balaban J connectivity index is 1.45. The summed E-state index contributed by atoms with van der Waals surface area (Å²) in [4.78, 5) is 27.8. The number of likely N-dealkylation sites (tertiary alicyclic amines) is 1. The van der Waals surface area contributed by atoms with Gasteiger partial charge in [0.25, 0.3) is 0 Å². The number of amides is 2. The average Bonchev–Trinajstić information content (AvgIpc) is 3.15. The predicted molar refractivity (Wildman–Crippen MR) is 100 cm³/mol. The van der Waals surface area contributed by atoms with E-state index < -0.39 is 0 Å². The van der Waals surface area contributed by atoms with Crippen LogP contribution in [0.2, 0.25) is 0 Å². The summed E-state index contributed by atoms with van der Waals surface area (Å²) in [6, 6.07) is 13.5. The van der Waals surface area contributed by atoms with Crippen molar-refractivity contribution in [2.45, 2.75) is 19.4 Å². The molecule has 6 heteroatoms. The molecule has 2 aromatic rings. The van der Waals surface area contributed by atoms with Gasteiger partial charge in [0.05, 0.1) is 19.0 Å². The molecule has 1 saturated heterocycles. The van der Waals surface area contributed by atoms with Gasteiger partial charge >= 0.3 is 0 Å². The van der Waals surface area contributed by atoms with E-state index in [4.69, 9.17) is 0 Å². The summed E-state index contributed by atoms with van der Waals surface area (Å²) in [6.07, 6.45) is 1.80. The molecule has 132 valence electrons. The van der Waals surface area contributed by atoms with E-state index in [1.807, 2.05) is 47.8 Å². The van der Waals surface area contributed by atoms with Crippen molar-refractivity contribution >= 4 is 28.8 Å². The molecule has 2 N–H and O–H groups in total. The van der Waals surface area contributed by atoms with Gasteiger partial charge in [-0.1, -0.05) is 24.3 Å². The molecule has 1 fully saturated rings. The van der Waals surface area contributed by atoms with E-state index in [1.54, 1.807) is 11.3 Å². The molecule has 2 heterocycles. The molecule has 3 rings (SSSR count). The smallest absolute Gasteiger partial charge is 0.234 e. The fraction of sp³-hybridized carbons (Fsp3) is 0.368. The summed E-state index contributed by atoms with van der Waals surface area (Å²) < 4.78 is 0. The highest BCUT2D eigenvalue weighted by atomic mass is 32.1. The van der Waals surface area contributed by atoms with E-state index >= 15 is 0 Å². The molecule has 1 aromatic heterocycles. The van der Waals surface area contributed by atoms with Crippen LogP contribution in [0.5, 0.6) is 0 Å². The molecule has 1 aromatic carbocycles. The zero-order valence-corrected chi connectivity index (χ0v) is 14.9. The maximum Gasteiger partial charge on any atom is 0.234 e. The minimum absolute atomic E-state index is 0.0116. The molecule has 0 spiro atoms. The second-order valence-corrected chi connectivity index (χ2v) is 7.32. The number of hydrogen-bond acceptors (Lipinski definition) is 4. The van der Waals surface area contributed by atoms with E-state index in [9.17, 15) is 9.59 Å². The van der Waals surface area contributed by atoms with Gasteiger partial charge in [-0.25, -0.2) is 0 Å². The van der Waals surface area contributed by atoms with Crippen molar-refractivity contribution in [2.75, 3.05) is 25.0 Å². The number of nitrogens with zero attached hydrogens (tertiary/aromatic N) is 1. The van der Waals surface area contributed by atoms with Crippen LogP contribution < -0.4 is 10.6 Å². The first-order chi connectivity index (χ1) is 12.2. The molecule has 1 atom stereocenters. The highest BCUT2D eigenvalue weighted by molar-refractivity contribution is 7.09. The van der Waals surface area contributed by atoms with Gasteiger partial charge in [0.2, 0.25) is 11.8 Å².